The Balaban J connectivity index is 0.000000214. The number of aromatic nitrogens is 6. The van der Waals surface area contributed by atoms with Gasteiger partial charge in [0.15, 0.2) is 23.3 Å². The van der Waals surface area contributed by atoms with Crippen molar-refractivity contribution in [2.45, 2.75) is 78.8 Å². The van der Waals surface area contributed by atoms with Gasteiger partial charge in [-0.3, -0.25) is 19.0 Å². The molecule has 0 spiro atoms. The van der Waals surface area contributed by atoms with Gasteiger partial charge in [-0.05, 0) is 90.1 Å². The third-order valence-electron chi connectivity index (χ3n) is 9.20. The third kappa shape index (κ3) is 9.27. The maximum Gasteiger partial charge on any atom is 0.252 e. The second-order valence-electron chi connectivity index (χ2n) is 13.5. The van der Waals surface area contributed by atoms with Crippen LogP contribution in [-0.4, -0.2) is 65.5 Å². The van der Waals surface area contributed by atoms with E-state index in [0.717, 1.165) is 47.0 Å². The predicted octanol–water partition coefficient (Wildman–Crippen LogP) is 5.16. The van der Waals surface area contributed by atoms with Crippen LogP contribution in [0.1, 0.15) is 62.3 Å². The maximum absolute atomic E-state index is 14.4. The number of carbonyl (C=O) groups is 2. The molecule has 0 unspecified atom stereocenters. The number of primary amides is 2. The summed E-state index contributed by atoms with van der Waals surface area (Å²) in [6.45, 7) is 12.8. The molecule has 0 radical (unpaired) electrons. The van der Waals surface area contributed by atoms with Gasteiger partial charge in [-0.15, -0.1) is 0 Å². The number of hydrogen-bond donors (Lipinski definition) is 8. The van der Waals surface area contributed by atoms with Crippen molar-refractivity contribution in [3.05, 3.63) is 83.7 Å². The molecule has 4 aromatic heterocycles. The molecule has 16 nitrogen and oxygen atoms in total. The molecule has 0 saturated carbocycles. The van der Waals surface area contributed by atoms with Gasteiger partial charge in [0.25, 0.3) is 11.8 Å². The molecule has 6 aromatic rings. The molecular weight excluding hydrogens is 723 g/mol. The van der Waals surface area contributed by atoms with Crippen molar-refractivity contribution in [3.8, 4) is 0 Å². The Morgan fingerprint density at radius 2 is 1.02 bits per heavy atom. The lowest BCUT2D eigenvalue weighted by molar-refractivity contribution is 0.0992. The average molecular weight is 771 g/mol. The molecular formula is C38H48F2N14O2. The quantitative estimate of drug-likeness (QED) is 0.0716. The van der Waals surface area contributed by atoms with Gasteiger partial charge in [0.05, 0.1) is 34.6 Å². The van der Waals surface area contributed by atoms with Crippen molar-refractivity contribution in [3.63, 3.8) is 0 Å². The zero-order valence-corrected chi connectivity index (χ0v) is 32.1. The smallest absolute Gasteiger partial charge is 0.252 e. The Morgan fingerprint density at radius 1 is 0.643 bits per heavy atom. The summed E-state index contributed by atoms with van der Waals surface area (Å²) in [6, 6.07) is 12.5. The fourth-order valence-electron chi connectivity index (χ4n) is 5.55. The van der Waals surface area contributed by atoms with Gasteiger partial charge < -0.3 is 44.2 Å². The average Bonchev–Trinajstić information content (AvgIpc) is 3.77. The highest BCUT2D eigenvalue weighted by molar-refractivity contribution is 6.00. The lowest BCUT2D eigenvalue weighted by Gasteiger charge is -2.20. The van der Waals surface area contributed by atoms with Gasteiger partial charge in [0.2, 0.25) is 0 Å². The summed E-state index contributed by atoms with van der Waals surface area (Å²) in [5.41, 5.74) is 25.7. The summed E-state index contributed by atoms with van der Waals surface area (Å²) in [7, 11) is 0. The van der Waals surface area contributed by atoms with E-state index < -0.39 is 23.4 Å². The van der Waals surface area contributed by atoms with Crippen LogP contribution in [0.5, 0.6) is 0 Å². The van der Waals surface area contributed by atoms with Gasteiger partial charge in [0, 0.05) is 59.4 Å². The van der Waals surface area contributed by atoms with Crippen LogP contribution in [0, 0.1) is 11.6 Å². The van der Waals surface area contributed by atoms with Gasteiger partial charge in [-0.1, -0.05) is 0 Å². The summed E-state index contributed by atoms with van der Waals surface area (Å²) in [4.78, 5) is 32.0. The molecule has 4 heterocycles. The van der Waals surface area contributed by atoms with E-state index in [2.05, 4.69) is 41.4 Å². The second-order valence-corrected chi connectivity index (χ2v) is 13.5. The predicted molar refractivity (Wildman–Crippen MR) is 216 cm³/mol. The standard InChI is InChI=1S/2C19H24FN7O/c2*1-4-27-16-6-5-13(7-12(16)9-23-27)25-18-14(17(22)28)8-15(20)19(26-18)24-11(3)10(2)21/h2*5-11H,4,21H2,1-3H3,(H2,22,28)(H2,24,25,26)/t2*10-,11+/m10/s1. The van der Waals surface area contributed by atoms with Crippen molar-refractivity contribution in [1.29, 1.82) is 0 Å². The van der Waals surface area contributed by atoms with Crippen LogP contribution in [0.2, 0.25) is 0 Å². The summed E-state index contributed by atoms with van der Waals surface area (Å²) in [5.74, 6) is -2.58. The first-order valence-corrected chi connectivity index (χ1v) is 18.1. The van der Waals surface area contributed by atoms with Crippen LogP contribution in [0.15, 0.2) is 60.9 Å². The monoisotopic (exact) mass is 770 g/mol. The van der Waals surface area contributed by atoms with E-state index in [1.54, 1.807) is 26.2 Å². The van der Waals surface area contributed by atoms with Crippen molar-refractivity contribution >= 4 is 68.3 Å². The number of amides is 2. The number of pyridine rings is 2. The SMILES string of the molecule is CCn1ncc2cc(Nc3nc(N[C@@H](C)[C@@H](C)N)c(F)cc3C(N)=O)ccc21.CCn1ncc2cc(Nc3nc(N[C@H](C)[C@H](C)N)c(F)cc3C(N)=O)ccc21. The topological polar surface area (TPSA) is 248 Å². The van der Waals surface area contributed by atoms with Gasteiger partial charge >= 0.3 is 0 Å². The maximum atomic E-state index is 14.4. The molecule has 2 aromatic carbocycles. The van der Waals surface area contributed by atoms with Gasteiger partial charge in [-0.25, -0.2) is 18.7 Å². The van der Waals surface area contributed by atoms with Crippen molar-refractivity contribution < 1.29 is 18.4 Å². The normalized spacial score (nSPS) is 13.3. The Kier molecular flexibility index (Phi) is 12.7. The number of carbonyl (C=O) groups excluding carboxylic acids is 2. The molecule has 4 atom stereocenters. The van der Waals surface area contributed by atoms with E-state index in [1.807, 2.05) is 73.5 Å². The minimum Gasteiger partial charge on any atom is -0.365 e. The van der Waals surface area contributed by atoms with Crippen LogP contribution < -0.4 is 44.2 Å². The Labute approximate surface area is 322 Å². The van der Waals surface area contributed by atoms with E-state index in [9.17, 15) is 18.4 Å². The number of halogens is 2. The van der Waals surface area contributed by atoms with Crippen LogP contribution in [0.3, 0.4) is 0 Å². The van der Waals surface area contributed by atoms with Crippen LogP contribution >= 0.6 is 0 Å². The molecule has 18 heteroatoms. The number of rotatable bonds is 14. The Morgan fingerprint density at radius 3 is 1.34 bits per heavy atom. The van der Waals surface area contributed by atoms with Crippen molar-refractivity contribution in [2.24, 2.45) is 22.9 Å². The molecule has 0 fully saturated rings. The summed E-state index contributed by atoms with van der Waals surface area (Å²) < 4.78 is 32.5. The number of benzene rings is 2. The van der Waals surface area contributed by atoms with Gasteiger partial charge in [0.1, 0.15) is 11.6 Å². The molecule has 0 saturated heterocycles. The molecule has 0 aliphatic carbocycles. The van der Waals surface area contributed by atoms with E-state index in [0.29, 0.717) is 11.4 Å². The first-order valence-electron chi connectivity index (χ1n) is 18.1. The van der Waals surface area contributed by atoms with E-state index in [1.165, 1.54) is 0 Å². The molecule has 0 aliphatic rings. The Bertz CT molecular complexity index is 2190. The molecule has 12 N–H and O–H groups in total. The number of hydrogen-bond acceptors (Lipinski definition) is 12. The summed E-state index contributed by atoms with van der Waals surface area (Å²) in [5, 5.41) is 22.4. The van der Waals surface area contributed by atoms with E-state index in [-0.39, 0.29) is 58.6 Å². The first kappa shape index (κ1) is 40.8. The first-order chi connectivity index (χ1) is 26.6. The highest BCUT2D eigenvalue weighted by Crippen LogP contribution is 2.28. The lowest BCUT2D eigenvalue weighted by Crippen LogP contribution is -2.35. The number of aryl methyl sites for hydroxylation is 2. The van der Waals surface area contributed by atoms with Crippen molar-refractivity contribution in [1.82, 2.24) is 29.5 Å². The van der Waals surface area contributed by atoms with Gasteiger partial charge in [-0.2, -0.15) is 10.2 Å². The zero-order valence-electron chi connectivity index (χ0n) is 32.1. The highest BCUT2D eigenvalue weighted by Gasteiger charge is 2.20. The second kappa shape index (κ2) is 17.4. The number of nitrogens with one attached hydrogen (secondary N) is 4. The zero-order chi connectivity index (χ0) is 40.8. The molecule has 296 valence electrons. The fraction of sp³-hybridized carbons (Fsp3) is 0.316. The molecule has 2 amide bonds. The van der Waals surface area contributed by atoms with Crippen LogP contribution in [-0.2, 0) is 13.1 Å². The molecule has 0 aliphatic heterocycles. The minimum atomic E-state index is -0.777. The molecule has 6 rings (SSSR count). The Hall–Kier alpha value is -6.40. The number of nitrogens with two attached hydrogens (primary N) is 4. The number of fused-ring (bicyclic) bond motifs is 2. The van der Waals surface area contributed by atoms with E-state index in [4.69, 9.17) is 22.9 Å². The highest BCUT2D eigenvalue weighted by atomic mass is 19.1. The van der Waals surface area contributed by atoms with Crippen LogP contribution in [0.4, 0.5) is 43.4 Å². The largest absolute Gasteiger partial charge is 0.365 e. The minimum absolute atomic E-state index is 0.00261. The summed E-state index contributed by atoms with van der Waals surface area (Å²) >= 11 is 0. The lowest BCUT2D eigenvalue weighted by atomic mass is 10.1. The van der Waals surface area contributed by atoms with E-state index >= 15 is 0 Å². The van der Waals surface area contributed by atoms with Crippen molar-refractivity contribution in [2.75, 3.05) is 21.3 Å². The molecule has 0 bridgehead atoms. The summed E-state index contributed by atoms with van der Waals surface area (Å²) in [6.07, 6.45) is 3.52. The fourth-order valence-corrected chi connectivity index (χ4v) is 5.55. The third-order valence-corrected chi connectivity index (χ3v) is 9.20. The number of anilines is 6. The molecule has 56 heavy (non-hydrogen) atoms. The van der Waals surface area contributed by atoms with Crippen LogP contribution in [0.25, 0.3) is 21.8 Å². The number of nitrogens with zero attached hydrogens (tertiary/aromatic N) is 6.